The quantitative estimate of drug-likeness (QED) is 0.529. The van der Waals surface area contributed by atoms with Crippen molar-refractivity contribution < 1.29 is 9.47 Å². The maximum atomic E-state index is 5.96. The van der Waals surface area contributed by atoms with Gasteiger partial charge in [0, 0.05) is 20.9 Å². The molecule has 0 atom stereocenters. The standard InChI is InChI=1S/C15H13Br3O2/c1-19-14-6-5-12(17)7-11(14)9-20-15-10(8-16)3-2-4-13(15)18/h2-7H,8-9H2,1H3. The average molecular weight is 465 g/mol. The lowest BCUT2D eigenvalue weighted by Gasteiger charge is -2.14. The molecule has 0 fully saturated rings. The smallest absolute Gasteiger partial charge is 0.138 e. The minimum Gasteiger partial charge on any atom is -0.496 e. The molecule has 0 N–H and O–H groups in total. The molecule has 0 saturated carbocycles. The number of methoxy groups -OCH3 is 1. The Bertz CT molecular complexity index is 600. The van der Waals surface area contributed by atoms with Gasteiger partial charge in [0.25, 0.3) is 0 Å². The summed E-state index contributed by atoms with van der Waals surface area (Å²) in [5.74, 6) is 1.67. The van der Waals surface area contributed by atoms with E-state index in [0.29, 0.717) is 6.61 Å². The van der Waals surface area contributed by atoms with Crippen molar-refractivity contribution in [3.8, 4) is 11.5 Å². The molecule has 0 radical (unpaired) electrons. The number of para-hydroxylation sites is 1. The molecule has 0 aliphatic carbocycles. The summed E-state index contributed by atoms with van der Waals surface area (Å²) in [4.78, 5) is 0. The highest BCUT2D eigenvalue weighted by Crippen LogP contribution is 2.32. The van der Waals surface area contributed by atoms with E-state index >= 15 is 0 Å². The van der Waals surface area contributed by atoms with Crippen molar-refractivity contribution in [2.24, 2.45) is 0 Å². The Kier molecular flexibility index (Phi) is 5.93. The minimum absolute atomic E-state index is 0.450. The van der Waals surface area contributed by atoms with Gasteiger partial charge < -0.3 is 9.47 Å². The Morgan fingerprint density at radius 2 is 1.85 bits per heavy atom. The van der Waals surface area contributed by atoms with Crippen molar-refractivity contribution in [3.05, 3.63) is 56.5 Å². The molecule has 0 aliphatic rings. The Hall–Kier alpha value is -0.520. The Morgan fingerprint density at radius 3 is 2.55 bits per heavy atom. The molecule has 0 spiro atoms. The van der Waals surface area contributed by atoms with E-state index in [9.17, 15) is 0 Å². The molecule has 2 rings (SSSR count). The lowest BCUT2D eigenvalue weighted by molar-refractivity contribution is 0.293. The van der Waals surface area contributed by atoms with E-state index in [2.05, 4.69) is 47.8 Å². The second-order valence-corrected chi connectivity index (χ2v) is 6.44. The summed E-state index contributed by atoms with van der Waals surface area (Å²) in [5, 5.41) is 0.747. The molecular formula is C15H13Br3O2. The number of rotatable bonds is 5. The van der Waals surface area contributed by atoms with Crippen LogP contribution in [0.1, 0.15) is 11.1 Å². The summed E-state index contributed by atoms with van der Waals surface area (Å²) in [6.07, 6.45) is 0. The van der Waals surface area contributed by atoms with E-state index in [1.54, 1.807) is 7.11 Å². The van der Waals surface area contributed by atoms with Crippen LogP contribution in [0.15, 0.2) is 45.3 Å². The summed E-state index contributed by atoms with van der Waals surface area (Å²) >= 11 is 10.5. The monoisotopic (exact) mass is 462 g/mol. The Morgan fingerprint density at radius 1 is 1.05 bits per heavy atom. The third-order valence-electron chi connectivity index (χ3n) is 2.81. The maximum Gasteiger partial charge on any atom is 0.138 e. The van der Waals surface area contributed by atoms with Crippen molar-refractivity contribution >= 4 is 47.8 Å². The molecule has 0 bridgehead atoms. The lowest BCUT2D eigenvalue weighted by Crippen LogP contribution is -2.01. The SMILES string of the molecule is COc1ccc(Br)cc1COc1c(Br)cccc1CBr. The van der Waals surface area contributed by atoms with Gasteiger partial charge in [-0.1, -0.05) is 44.0 Å². The van der Waals surface area contributed by atoms with Gasteiger partial charge in [-0.25, -0.2) is 0 Å². The first-order valence-electron chi connectivity index (χ1n) is 5.94. The Balaban J connectivity index is 2.23. The topological polar surface area (TPSA) is 18.5 Å². The number of alkyl halides is 1. The highest BCUT2D eigenvalue weighted by atomic mass is 79.9. The van der Waals surface area contributed by atoms with Crippen LogP contribution < -0.4 is 9.47 Å². The minimum atomic E-state index is 0.450. The van der Waals surface area contributed by atoms with Crippen LogP contribution in [0.25, 0.3) is 0 Å². The fraction of sp³-hybridized carbons (Fsp3) is 0.200. The van der Waals surface area contributed by atoms with Crippen LogP contribution in [0.3, 0.4) is 0 Å². The number of benzene rings is 2. The molecular weight excluding hydrogens is 452 g/mol. The second-order valence-electron chi connectivity index (χ2n) is 4.11. The van der Waals surface area contributed by atoms with Gasteiger partial charge >= 0.3 is 0 Å². The maximum absolute atomic E-state index is 5.96. The summed E-state index contributed by atoms with van der Waals surface area (Å²) in [7, 11) is 1.66. The molecule has 0 aromatic heterocycles. The van der Waals surface area contributed by atoms with Gasteiger partial charge in [0.1, 0.15) is 18.1 Å². The van der Waals surface area contributed by atoms with Crippen molar-refractivity contribution in [1.29, 1.82) is 0 Å². The average Bonchev–Trinajstić information content (AvgIpc) is 2.46. The fourth-order valence-electron chi connectivity index (χ4n) is 1.83. The van der Waals surface area contributed by atoms with Gasteiger partial charge in [-0.3, -0.25) is 0 Å². The molecule has 106 valence electrons. The van der Waals surface area contributed by atoms with Gasteiger partial charge in [-0.2, -0.15) is 0 Å². The van der Waals surface area contributed by atoms with Crippen LogP contribution in [0.2, 0.25) is 0 Å². The zero-order chi connectivity index (χ0) is 14.5. The molecule has 2 nitrogen and oxygen atoms in total. The van der Waals surface area contributed by atoms with Crippen LogP contribution in [-0.4, -0.2) is 7.11 Å². The number of hydrogen-bond acceptors (Lipinski definition) is 2. The molecule has 5 heteroatoms. The van der Waals surface area contributed by atoms with Crippen molar-refractivity contribution in [3.63, 3.8) is 0 Å². The van der Waals surface area contributed by atoms with Gasteiger partial charge in [0.05, 0.1) is 11.6 Å². The first kappa shape index (κ1) is 15.9. The molecule has 0 aliphatic heterocycles. The van der Waals surface area contributed by atoms with E-state index in [-0.39, 0.29) is 0 Å². The van der Waals surface area contributed by atoms with Gasteiger partial charge in [-0.15, -0.1) is 0 Å². The highest BCUT2D eigenvalue weighted by molar-refractivity contribution is 9.11. The Labute approximate surface area is 143 Å². The molecule has 0 amide bonds. The second kappa shape index (κ2) is 7.48. The van der Waals surface area contributed by atoms with Gasteiger partial charge in [0.2, 0.25) is 0 Å². The summed E-state index contributed by atoms with van der Waals surface area (Å²) in [5.41, 5.74) is 2.10. The lowest BCUT2D eigenvalue weighted by atomic mass is 10.2. The highest BCUT2D eigenvalue weighted by Gasteiger charge is 2.10. The zero-order valence-electron chi connectivity index (χ0n) is 10.8. The van der Waals surface area contributed by atoms with E-state index in [0.717, 1.165) is 36.9 Å². The van der Waals surface area contributed by atoms with E-state index < -0.39 is 0 Å². The van der Waals surface area contributed by atoms with Crippen LogP contribution in [0.5, 0.6) is 11.5 Å². The molecule has 2 aromatic rings. The van der Waals surface area contributed by atoms with Crippen LogP contribution in [-0.2, 0) is 11.9 Å². The first-order chi connectivity index (χ1) is 9.65. The van der Waals surface area contributed by atoms with Crippen molar-refractivity contribution in [2.75, 3.05) is 7.11 Å². The van der Waals surface area contributed by atoms with Crippen molar-refractivity contribution in [1.82, 2.24) is 0 Å². The fourth-order valence-corrected chi connectivity index (χ4v) is 3.20. The van der Waals surface area contributed by atoms with Crippen molar-refractivity contribution in [2.45, 2.75) is 11.9 Å². The number of ether oxygens (including phenoxy) is 2. The van der Waals surface area contributed by atoms with E-state index in [1.165, 1.54) is 0 Å². The molecule has 20 heavy (non-hydrogen) atoms. The summed E-state index contributed by atoms with van der Waals surface area (Å²) in [6, 6.07) is 11.9. The summed E-state index contributed by atoms with van der Waals surface area (Å²) < 4.78 is 13.3. The van der Waals surface area contributed by atoms with E-state index in [4.69, 9.17) is 9.47 Å². The largest absolute Gasteiger partial charge is 0.496 e. The van der Waals surface area contributed by atoms with Crippen LogP contribution in [0.4, 0.5) is 0 Å². The number of hydrogen-bond donors (Lipinski definition) is 0. The zero-order valence-corrected chi connectivity index (χ0v) is 15.6. The molecule has 0 saturated heterocycles. The summed E-state index contributed by atoms with van der Waals surface area (Å²) in [6.45, 7) is 0.450. The normalized spacial score (nSPS) is 10.4. The van der Waals surface area contributed by atoms with E-state index in [1.807, 2.05) is 36.4 Å². The van der Waals surface area contributed by atoms with Crippen LogP contribution in [0, 0.1) is 0 Å². The third-order valence-corrected chi connectivity index (χ3v) is 4.53. The van der Waals surface area contributed by atoms with Gasteiger partial charge in [0.15, 0.2) is 0 Å². The predicted molar refractivity (Wildman–Crippen MR) is 91.8 cm³/mol. The third kappa shape index (κ3) is 3.77. The van der Waals surface area contributed by atoms with Gasteiger partial charge in [-0.05, 0) is 40.2 Å². The molecule has 0 unspecified atom stereocenters. The van der Waals surface area contributed by atoms with Crippen LogP contribution >= 0.6 is 47.8 Å². The molecule has 2 aromatic carbocycles. The molecule has 0 heterocycles. The first-order valence-corrected chi connectivity index (χ1v) is 8.65. The predicted octanol–water partition coefficient (Wildman–Crippen LogP) is 5.69. The number of halogens is 3.